The van der Waals surface area contributed by atoms with Crippen molar-refractivity contribution in [1.82, 2.24) is 4.98 Å². The first-order valence-electron chi connectivity index (χ1n) is 4.60. The lowest BCUT2D eigenvalue weighted by Gasteiger charge is -1.98. The fourth-order valence-corrected chi connectivity index (χ4v) is 1.77. The molecule has 0 saturated heterocycles. The zero-order chi connectivity index (χ0) is 12.3. The topological polar surface area (TPSA) is 83.0 Å². The van der Waals surface area contributed by atoms with Crippen LogP contribution in [0.4, 0.5) is 5.69 Å². The molecule has 86 valence electrons. The number of nitro groups is 1. The number of hydrogen-bond donors (Lipinski definition) is 0. The summed E-state index contributed by atoms with van der Waals surface area (Å²) >= 11 is 1.41. The molecule has 0 spiro atoms. The molecule has 0 saturated carbocycles. The van der Waals surface area contributed by atoms with Crippen LogP contribution in [0, 0.1) is 15.3 Å². The molecular weight excluding hydrogens is 242 g/mol. The zero-order valence-corrected chi connectivity index (χ0v) is 9.33. The van der Waals surface area contributed by atoms with Gasteiger partial charge in [0.25, 0.3) is 5.69 Å². The van der Waals surface area contributed by atoms with Gasteiger partial charge in [0, 0.05) is 11.1 Å². The molecule has 2 aromatic rings. The van der Waals surface area contributed by atoms with Gasteiger partial charge in [-0.05, 0) is 12.2 Å². The Morgan fingerprint density at radius 2 is 2.29 bits per heavy atom. The Balaban J connectivity index is 2.37. The molecule has 0 aliphatic carbocycles. The van der Waals surface area contributed by atoms with Crippen LogP contribution >= 0.6 is 11.3 Å². The number of hydrogen-bond acceptors (Lipinski definition) is 5. The van der Waals surface area contributed by atoms with E-state index in [4.69, 9.17) is 0 Å². The van der Waals surface area contributed by atoms with Crippen LogP contribution in [0.2, 0.25) is 0 Å². The first-order valence-corrected chi connectivity index (χ1v) is 5.48. The molecule has 0 bridgehead atoms. The van der Waals surface area contributed by atoms with Gasteiger partial charge in [0.2, 0.25) is 0 Å². The van der Waals surface area contributed by atoms with E-state index in [9.17, 15) is 15.3 Å². The van der Waals surface area contributed by atoms with Crippen LogP contribution in [-0.4, -0.2) is 9.91 Å². The Labute approximate surface area is 100 Å². The van der Waals surface area contributed by atoms with Crippen LogP contribution in [0.5, 0.6) is 0 Å². The van der Waals surface area contributed by atoms with E-state index in [1.165, 1.54) is 23.5 Å². The summed E-state index contributed by atoms with van der Waals surface area (Å²) in [6.45, 7) is 0. The highest BCUT2D eigenvalue weighted by atomic mass is 32.1. The van der Waals surface area contributed by atoms with E-state index in [-0.39, 0.29) is 11.3 Å². The quantitative estimate of drug-likeness (QED) is 0.359. The Kier molecular flexibility index (Phi) is 3.10. The molecule has 0 amide bonds. The van der Waals surface area contributed by atoms with Gasteiger partial charge in [-0.15, -0.1) is 11.3 Å². The minimum atomic E-state index is -0.521. The van der Waals surface area contributed by atoms with Crippen molar-refractivity contribution in [2.75, 3.05) is 0 Å². The zero-order valence-electron chi connectivity index (χ0n) is 8.52. The summed E-state index contributed by atoms with van der Waals surface area (Å²) < 4.78 is 0.527. The summed E-state index contributed by atoms with van der Waals surface area (Å²) in [5.74, 6) is 0. The molecule has 17 heavy (non-hydrogen) atoms. The van der Waals surface area contributed by atoms with Crippen LogP contribution in [0.3, 0.4) is 0 Å². The number of pyridine rings is 1. The van der Waals surface area contributed by atoms with E-state index in [1.807, 2.05) is 0 Å². The summed E-state index contributed by atoms with van der Waals surface area (Å²) in [5.41, 5.74) is 1.83. The molecule has 2 rings (SSSR count). The van der Waals surface area contributed by atoms with Crippen molar-refractivity contribution in [1.29, 1.82) is 0 Å². The molecule has 0 aliphatic rings. The van der Waals surface area contributed by atoms with Crippen molar-refractivity contribution in [3.05, 3.63) is 55.9 Å². The van der Waals surface area contributed by atoms with Gasteiger partial charge in [-0.3, -0.25) is 15.1 Å². The number of rotatable bonds is 3. The molecule has 0 atom stereocenters. The third kappa shape index (κ3) is 2.64. The van der Waals surface area contributed by atoms with Crippen molar-refractivity contribution in [3.63, 3.8) is 0 Å². The van der Waals surface area contributed by atoms with Crippen molar-refractivity contribution in [2.24, 2.45) is 0 Å². The fourth-order valence-electron chi connectivity index (χ4n) is 1.26. The highest BCUT2D eigenvalue weighted by Crippen LogP contribution is 2.19. The van der Waals surface area contributed by atoms with Crippen molar-refractivity contribution >= 4 is 29.2 Å². The van der Waals surface area contributed by atoms with E-state index < -0.39 is 4.92 Å². The van der Waals surface area contributed by atoms with Crippen LogP contribution in [0.1, 0.15) is 10.4 Å². The second kappa shape index (κ2) is 4.71. The standard InChI is InChI=1S/C10H7N3O3S/c14-12-4-3-10(13(15)16)8(6-12)1-2-9-5-11-7-17-9/h1-7H/b2-1+. The maximum Gasteiger partial charge on any atom is 0.288 e. The Hall–Kier alpha value is -2.28. The number of thiazole rings is 1. The molecule has 2 aromatic heterocycles. The lowest BCUT2D eigenvalue weighted by Crippen LogP contribution is -2.24. The van der Waals surface area contributed by atoms with E-state index in [2.05, 4.69) is 4.98 Å². The van der Waals surface area contributed by atoms with Crippen molar-refractivity contribution in [2.45, 2.75) is 0 Å². The molecule has 0 unspecified atom stereocenters. The molecule has 6 nitrogen and oxygen atoms in total. The average molecular weight is 249 g/mol. The summed E-state index contributed by atoms with van der Waals surface area (Å²) in [6.07, 6.45) is 7.11. The largest absolute Gasteiger partial charge is 0.619 e. The molecule has 0 fully saturated rings. The molecule has 0 N–H and O–H groups in total. The van der Waals surface area contributed by atoms with Gasteiger partial charge in [0.05, 0.1) is 16.5 Å². The van der Waals surface area contributed by atoms with Gasteiger partial charge in [0.1, 0.15) is 5.56 Å². The highest BCUT2D eigenvalue weighted by molar-refractivity contribution is 7.10. The highest BCUT2D eigenvalue weighted by Gasteiger charge is 2.14. The predicted octanol–water partition coefficient (Wildman–Crippen LogP) is 1.86. The number of nitrogens with zero attached hydrogens (tertiary/aromatic N) is 3. The summed E-state index contributed by atoms with van der Waals surface area (Å²) in [5, 5.41) is 21.8. The van der Waals surface area contributed by atoms with E-state index in [1.54, 1.807) is 17.8 Å². The molecule has 0 radical (unpaired) electrons. The lowest BCUT2D eigenvalue weighted by molar-refractivity contribution is -0.606. The maximum absolute atomic E-state index is 11.1. The predicted molar refractivity (Wildman–Crippen MR) is 63.1 cm³/mol. The Morgan fingerprint density at radius 1 is 1.47 bits per heavy atom. The number of aromatic nitrogens is 2. The SMILES string of the molecule is O=[N+]([O-])c1cc[n+]([O-])cc1/C=C/c1cncs1. The maximum atomic E-state index is 11.1. The van der Waals surface area contributed by atoms with Crippen molar-refractivity contribution in [3.8, 4) is 0 Å². The van der Waals surface area contributed by atoms with E-state index >= 15 is 0 Å². The fraction of sp³-hybridized carbons (Fsp3) is 0. The van der Waals surface area contributed by atoms with Crippen LogP contribution < -0.4 is 4.73 Å². The van der Waals surface area contributed by atoms with Gasteiger partial charge >= 0.3 is 0 Å². The molecule has 2 heterocycles. The van der Waals surface area contributed by atoms with Gasteiger partial charge in [-0.2, -0.15) is 4.73 Å². The van der Waals surface area contributed by atoms with Crippen LogP contribution in [-0.2, 0) is 0 Å². The summed E-state index contributed by atoms with van der Waals surface area (Å²) in [4.78, 5) is 15.0. The molecule has 7 heteroatoms. The van der Waals surface area contributed by atoms with Crippen molar-refractivity contribution < 1.29 is 9.65 Å². The third-order valence-corrected chi connectivity index (χ3v) is 2.76. The molecular formula is C10H7N3O3S. The van der Waals surface area contributed by atoms with E-state index in [0.29, 0.717) is 4.73 Å². The van der Waals surface area contributed by atoms with E-state index in [0.717, 1.165) is 17.3 Å². The van der Waals surface area contributed by atoms with Gasteiger partial charge in [-0.25, -0.2) is 0 Å². The third-order valence-electron chi connectivity index (χ3n) is 2.02. The Morgan fingerprint density at radius 3 is 2.94 bits per heavy atom. The van der Waals surface area contributed by atoms with Gasteiger partial charge < -0.3 is 5.21 Å². The lowest BCUT2D eigenvalue weighted by atomic mass is 10.2. The monoisotopic (exact) mass is 249 g/mol. The first-order chi connectivity index (χ1) is 8.16. The summed E-state index contributed by atoms with van der Waals surface area (Å²) in [7, 11) is 0. The summed E-state index contributed by atoms with van der Waals surface area (Å²) in [6, 6.07) is 1.18. The minimum Gasteiger partial charge on any atom is -0.619 e. The van der Waals surface area contributed by atoms with Crippen LogP contribution in [0.25, 0.3) is 12.2 Å². The van der Waals surface area contributed by atoms with Gasteiger partial charge in [-0.1, -0.05) is 0 Å². The Bertz CT molecular complexity index is 566. The van der Waals surface area contributed by atoms with Crippen LogP contribution in [0.15, 0.2) is 30.2 Å². The molecule has 0 aliphatic heterocycles. The molecule has 0 aromatic carbocycles. The second-order valence-corrected chi connectivity index (χ2v) is 4.06. The second-order valence-electron chi connectivity index (χ2n) is 3.14. The minimum absolute atomic E-state index is 0.0992. The van der Waals surface area contributed by atoms with Gasteiger partial charge in [0.15, 0.2) is 12.4 Å². The average Bonchev–Trinajstić information content (AvgIpc) is 2.78. The normalized spacial score (nSPS) is 10.8. The first kappa shape index (κ1) is 11.2. The smallest absolute Gasteiger partial charge is 0.288 e.